The first-order valence-electron chi connectivity index (χ1n) is 6.42. The molecule has 1 aromatic carbocycles. The van der Waals surface area contributed by atoms with Crippen molar-refractivity contribution in [1.82, 2.24) is 10.3 Å². The van der Waals surface area contributed by atoms with Crippen LogP contribution in [0.1, 0.15) is 27.4 Å². The molecule has 0 fully saturated rings. The van der Waals surface area contributed by atoms with Crippen LogP contribution in [0.15, 0.2) is 36.5 Å². The van der Waals surface area contributed by atoms with E-state index in [1.165, 1.54) is 23.4 Å². The van der Waals surface area contributed by atoms with Crippen LogP contribution in [0.3, 0.4) is 0 Å². The Morgan fingerprint density at radius 1 is 1.45 bits per heavy atom. The van der Waals surface area contributed by atoms with Crippen molar-refractivity contribution in [3.63, 3.8) is 0 Å². The zero-order valence-electron chi connectivity index (χ0n) is 10.8. The van der Waals surface area contributed by atoms with Gasteiger partial charge in [0, 0.05) is 12.5 Å². The molecule has 1 aliphatic carbocycles. The molecule has 5 heteroatoms. The van der Waals surface area contributed by atoms with E-state index >= 15 is 0 Å². The lowest BCUT2D eigenvalue weighted by molar-refractivity contribution is 0.0951. The maximum absolute atomic E-state index is 12.1. The number of carbonyl (C=O) groups excluding carboxylic acids is 1. The zero-order chi connectivity index (χ0) is 14.1. The Bertz CT molecular complexity index is 672. The van der Waals surface area contributed by atoms with Crippen molar-refractivity contribution in [3.8, 4) is 0 Å². The Morgan fingerprint density at radius 2 is 2.25 bits per heavy atom. The van der Waals surface area contributed by atoms with Gasteiger partial charge in [0.05, 0.1) is 17.4 Å². The van der Waals surface area contributed by atoms with Crippen molar-refractivity contribution < 1.29 is 4.79 Å². The molecule has 0 bridgehead atoms. The first kappa shape index (κ1) is 12.9. The number of pyridine rings is 1. The molecule has 1 aromatic heterocycles. The van der Waals surface area contributed by atoms with Gasteiger partial charge in [-0.1, -0.05) is 35.9 Å². The molecule has 2 aromatic rings. The molecule has 4 nitrogen and oxygen atoms in total. The molecular weight excluding hydrogens is 274 g/mol. The Morgan fingerprint density at radius 3 is 3.05 bits per heavy atom. The standard InChI is InChI=1S/C15H14ClN3O/c16-14-6-12(13(17)8-18-14)15(20)19-7-10-5-9-3-1-2-4-11(9)10/h1-4,6,8,10H,5,7,17H2,(H,19,20). The summed E-state index contributed by atoms with van der Waals surface area (Å²) in [6.45, 7) is 0.606. The number of aromatic nitrogens is 1. The second kappa shape index (κ2) is 5.13. The van der Waals surface area contributed by atoms with Gasteiger partial charge >= 0.3 is 0 Å². The smallest absolute Gasteiger partial charge is 0.253 e. The summed E-state index contributed by atoms with van der Waals surface area (Å²) >= 11 is 5.78. The molecule has 0 spiro atoms. The Labute approximate surface area is 122 Å². The molecule has 0 aliphatic heterocycles. The predicted molar refractivity (Wildman–Crippen MR) is 78.9 cm³/mol. The quantitative estimate of drug-likeness (QED) is 0.852. The molecule has 102 valence electrons. The van der Waals surface area contributed by atoms with E-state index in [1.807, 2.05) is 12.1 Å². The highest BCUT2D eigenvalue weighted by atomic mass is 35.5. The number of nitrogens with two attached hydrogens (primary N) is 1. The van der Waals surface area contributed by atoms with Gasteiger partial charge in [0.1, 0.15) is 5.15 Å². The highest BCUT2D eigenvalue weighted by molar-refractivity contribution is 6.29. The van der Waals surface area contributed by atoms with Crippen LogP contribution in [0.25, 0.3) is 0 Å². The fourth-order valence-corrected chi connectivity index (χ4v) is 2.65. The normalized spacial score (nSPS) is 16.1. The fraction of sp³-hybridized carbons (Fsp3) is 0.200. The van der Waals surface area contributed by atoms with Gasteiger partial charge in [-0.2, -0.15) is 0 Å². The first-order chi connectivity index (χ1) is 9.65. The third-order valence-electron chi connectivity index (χ3n) is 3.62. The number of fused-ring (bicyclic) bond motifs is 1. The second-order valence-corrected chi connectivity index (χ2v) is 5.29. The van der Waals surface area contributed by atoms with Crippen LogP contribution in [-0.4, -0.2) is 17.4 Å². The van der Waals surface area contributed by atoms with Crippen molar-refractivity contribution >= 4 is 23.2 Å². The van der Waals surface area contributed by atoms with E-state index in [1.54, 1.807) is 0 Å². The predicted octanol–water partition coefficient (Wildman–Crippen LogP) is 2.39. The fourth-order valence-electron chi connectivity index (χ4n) is 2.49. The number of benzene rings is 1. The van der Waals surface area contributed by atoms with Crippen molar-refractivity contribution in [2.45, 2.75) is 12.3 Å². The van der Waals surface area contributed by atoms with Crippen molar-refractivity contribution in [2.75, 3.05) is 12.3 Å². The molecule has 0 radical (unpaired) electrons. The van der Waals surface area contributed by atoms with E-state index in [9.17, 15) is 4.79 Å². The van der Waals surface area contributed by atoms with Gasteiger partial charge in [-0.05, 0) is 23.6 Å². The van der Waals surface area contributed by atoms with Gasteiger partial charge < -0.3 is 11.1 Å². The van der Waals surface area contributed by atoms with Gasteiger partial charge in [0.25, 0.3) is 5.91 Å². The number of carbonyl (C=O) groups is 1. The van der Waals surface area contributed by atoms with Crippen molar-refractivity contribution in [1.29, 1.82) is 0 Å². The van der Waals surface area contributed by atoms with E-state index in [-0.39, 0.29) is 11.1 Å². The number of amides is 1. The third kappa shape index (κ3) is 2.34. The summed E-state index contributed by atoms with van der Waals surface area (Å²) < 4.78 is 0. The summed E-state index contributed by atoms with van der Waals surface area (Å²) in [4.78, 5) is 15.9. The number of nitrogen functional groups attached to an aromatic ring is 1. The molecular formula is C15H14ClN3O. The summed E-state index contributed by atoms with van der Waals surface area (Å²) in [5, 5.41) is 3.17. The largest absolute Gasteiger partial charge is 0.397 e. The summed E-state index contributed by atoms with van der Waals surface area (Å²) in [5.74, 6) is 0.171. The molecule has 0 saturated heterocycles. The minimum absolute atomic E-state index is 0.212. The van der Waals surface area contributed by atoms with Crippen molar-refractivity contribution in [3.05, 3.63) is 58.4 Å². The summed E-state index contributed by atoms with van der Waals surface area (Å²) in [6.07, 6.45) is 2.40. The van der Waals surface area contributed by atoms with Crippen LogP contribution in [-0.2, 0) is 6.42 Å². The number of halogens is 1. The second-order valence-electron chi connectivity index (χ2n) is 4.90. The lowest BCUT2D eigenvalue weighted by Gasteiger charge is -2.30. The molecule has 1 aliphatic rings. The third-order valence-corrected chi connectivity index (χ3v) is 3.82. The molecule has 1 heterocycles. The van der Waals surface area contributed by atoms with Gasteiger partial charge in [-0.3, -0.25) is 4.79 Å². The molecule has 1 atom stereocenters. The van der Waals surface area contributed by atoms with Gasteiger partial charge in [0.2, 0.25) is 0 Å². The monoisotopic (exact) mass is 287 g/mol. The number of anilines is 1. The highest BCUT2D eigenvalue weighted by Crippen LogP contribution is 2.34. The van der Waals surface area contributed by atoms with Crippen LogP contribution in [0.5, 0.6) is 0 Å². The first-order valence-corrected chi connectivity index (χ1v) is 6.80. The maximum atomic E-state index is 12.1. The Hall–Kier alpha value is -2.07. The topological polar surface area (TPSA) is 68.0 Å². The minimum atomic E-state index is -0.212. The molecule has 20 heavy (non-hydrogen) atoms. The van der Waals surface area contributed by atoms with Crippen molar-refractivity contribution in [2.24, 2.45) is 0 Å². The number of hydrogen-bond acceptors (Lipinski definition) is 3. The summed E-state index contributed by atoms with van der Waals surface area (Å²) in [5.41, 5.74) is 9.12. The van der Waals surface area contributed by atoms with E-state index < -0.39 is 0 Å². The molecule has 0 saturated carbocycles. The van der Waals surface area contributed by atoms with Crippen LogP contribution in [0.4, 0.5) is 5.69 Å². The van der Waals surface area contributed by atoms with Gasteiger partial charge in [-0.15, -0.1) is 0 Å². The van der Waals surface area contributed by atoms with Crippen LogP contribution in [0.2, 0.25) is 5.15 Å². The SMILES string of the molecule is Nc1cnc(Cl)cc1C(=O)NCC1Cc2ccccc21. The zero-order valence-corrected chi connectivity index (χ0v) is 11.5. The summed E-state index contributed by atoms with van der Waals surface area (Å²) in [7, 11) is 0. The number of rotatable bonds is 3. The lowest BCUT2D eigenvalue weighted by Crippen LogP contribution is -2.33. The number of hydrogen-bond donors (Lipinski definition) is 2. The highest BCUT2D eigenvalue weighted by Gasteiger charge is 2.25. The molecule has 3 rings (SSSR count). The molecule has 1 amide bonds. The van der Waals surface area contributed by atoms with Gasteiger partial charge in [0.15, 0.2) is 0 Å². The number of nitrogens with zero attached hydrogens (tertiary/aromatic N) is 1. The van der Waals surface area contributed by atoms with E-state index in [0.717, 1.165) is 6.42 Å². The molecule has 1 unspecified atom stereocenters. The van der Waals surface area contributed by atoms with Gasteiger partial charge in [-0.25, -0.2) is 4.98 Å². The number of nitrogens with one attached hydrogen (secondary N) is 1. The van der Waals surface area contributed by atoms with E-state index in [2.05, 4.69) is 22.4 Å². The van der Waals surface area contributed by atoms with Crippen LogP contribution < -0.4 is 11.1 Å². The van der Waals surface area contributed by atoms with E-state index in [0.29, 0.717) is 23.7 Å². The average Bonchev–Trinajstić information content (AvgIpc) is 2.42. The minimum Gasteiger partial charge on any atom is -0.397 e. The Balaban J connectivity index is 1.65. The molecule has 3 N–H and O–H groups in total. The van der Waals surface area contributed by atoms with Crippen LogP contribution in [0, 0.1) is 0 Å². The van der Waals surface area contributed by atoms with E-state index in [4.69, 9.17) is 17.3 Å². The summed E-state index contributed by atoms with van der Waals surface area (Å²) in [6, 6.07) is 9.77. The Kier molecular flexibility index (Phi) is 3.32. The average molecular weight is 288 g/mol. The van der Waals surface area contributed by atoms with Crippen LogP contribution >= 0.6 is 11.6 Å². The maximum Gasteiger partial charge on any atom is 0.253 e. The lowest BCUT2D eigenvalue weighted by atomic mass is 9.77.